The number of nitrogens with zero attached hydrogens (tertiary/aromatic N) is 2. The van der Waals surface area contributed by atoms with Crippen molar-refractivity contribution >= 4 is 21.6 Å². The number of halogens is 3. The molecule has 0 aliphatic heterocycles. The third-order valence-electron chi connectivity index (χ3n) is 4.62. The molecule has 2 N–H and O–H groups in total. The van der Waals surface area contributed by atoms with Crippen LogP contribution < -0.4 is 5.73 Å². The van der Waals surface area contributed by atoms with E-state index >= 15 is 0 Å². The fraction of sp³-hybridized carbons (Fsp3) is 0.0455. The van der Waals surface area contributed by atoms with Crippen molar-refractivity contribution in [1.29, 1.82) is 0 Å². The van der Waals surface area contributed by atoms with Crippen LogP contribution in [-0.2, 0) is 7.05 Å². The zero-order valence-electron chi connectivity index (χ0n) is 15.0. The number of aromatic nitrogens is 2. The molecule has 3 nitrogen and oxygen atoms in total. The van der Waals surface area contributed by atoms with Crippen molar-refractivity contribution in [1.82, 2.24) is 9.78 Å². The van der Waals surface area contributed by atoms with Gasteiger partial charge in [0, 0.05) is 24.4 Å². The van der Waals surface area contributed by atoms with Gasteiger partial charge in [0.15, 0.2) is 0 Å². The standard InChI is InChI=1S/C22H16BrF2N3/c1-28-22(19(23)12-27-28)21-18(3-2-4-20(21)26)14-7-5-13(6-8-14)15-9-16(24)11-17(25)10-15/h2-12H,26H2,1H3. The first-order valence-electron chi connectivity index (χ1n) is 8.57. The Balaban J connectivity index is 1.82. The van der Waals surface area contributed by atoms with Gasteiger partial charge in [0.1, 0.15) is 11.6 Å². The van der Waals surface area contributed by atoms with Crippen LogP contribution in [0.2, 0.25) is 0 Å². The molecular formula is C22H16BrF2N3. The summed E-state index contributed by atoms with van der Waals surface area (Å²) in [6.07, 6.45) is 1.73. The number of nitrogens with two attached hydrogens (primary N) is 1. The first-order valence-corrected chi connectivity index (χ1v) is 9.36. The fourth-order valence-electron chi connectivity index (χ4n) is 3.33. The molecule has 1 aromatic heterocycles. The van der Waals surface area contributed by atoms with Crippen LogP contribution in [0.25, 0.3) is 33.5 Å². The van der Waals surface area contributed by atoms with E-state index in [1.165, 1.54) is 12.1 Å². The highest BCUT2D eigenvalue weighted by Gasteiger charge is 2.17. The lowest BCUT2D eigenvalue weighted by molar-refractivity contribution is 0.584. The Kier molecular flexibility index (Phi) is 4.73. The summed E-state index contributed by atoms with van der Waals surface area (Å²) in [5.41, 5.74) is 11.8. The molecule has 4 rings (SSSR count). The molecule has 0 aliphatic carbocycles. The van der Waals surface area contributed by atoms with Crippen LogP contribution in [0.3, 0.4) is 0 Å². The first kappa shape index (κ1) is 18.4. The molecule has 6 heteroatoms. The minimum atomic E-state index is -0.599. The largest absolute Gasteiger partial charge is 0.398 e. The topological polar surface area (TPSA) is 43.8 Å². The number of hydrogen-bond donors (Lipinski definition) is 1. The van der Waals surface area contributed by atoms with E-state index in [1.54, 1.807) is 10.9 Å². The van der Waals surface area contributed by atoms with E-state index in [0.29, 0.717) is 11.3 Å². The van der Waals surface area contributed by atoms with E-state index < -0.39 is 11.6 Å². The monoisotopic (exact) mass is 439 g/mol. The van der Waals surface area contributed by atoms with Gasteiger partial charge in [-0.25, -0.2) is 8.78 Å². The van der Waals surface area contributed by atoms with E-state index in [1.807, 2.05) is 49.5 Å². The van der Waals surface area contributed by atoms with Gasteiger partial charge in [-0.05, 0) is 56.4 Å². The van der Waals surface area contributed by atoms with Crippen molar-refractivity contribution in [3.8, 4) is 33.5 Å². The average molecular weight is 440 g/mol. The Labute approximate surface area is 169 Å². The van der Waals surface area contributed by atoms with Crippen LogP contribution in [0.4, 0.5) is 14.5 Å². The van der Waals surface area contributed by atoms with Crippen LogP contribution >= 0.6 is 15.9 Å². The predicted molar refractivity (Wildman–Crippen MR) is 112 cm³/mol. The third-order valence-corrected chi connectivity index (χ3v) is 5.20. The minimum absolute atomic E-state index is 0.492. The van der Waals surface area contributed by atoms with Gasteiger partial charge in [0.05, 0.1) is 16.4 Å². The lowest BCUT2D eigenvalue weighted by Gasteiger charge is -2.14. The number of benzene rings is 3. The molecule has 0 saturated heterocycles. The molecule has 0 unspecified atom stereocenters. The summed E-state index contributed by atoms with van der Waals surface area (Å²) >= 11 is 3.54. The summed E-state index contributed by atoms with van der Waals surface area (Å²) in [5.74, 6) is -1.20. The number of anilines is 1. The van der Waals surface area contributed by atoms with Gasteiger partial charge in [0.25, 0.3) is 0 Å². The Hall–Kier alpha value is -2.99. The molecule has 0 saturated carbocycles. The van der Waals surface area contributed by atoms with E-state index in [2.05, 4.69) is 21.0 Å². The van der Waals surface area contributed by atoms with E-state index in [0.717, 1.165) is 38.5 Å². The van der Waals surface area contributed by atoms with E-state index in [9.17, 15) is 8.78 Å². The van der Waals surface area contributed by atoms with Crippen molar-refractivity contribution < 1.29 is 8.78 Å². The Morgan fingerprint density at radius 1 is 0.893 bits per heavy atom. The Morgan fingerprint density at radius 2 is 1.54 bits per heavy atom. The highest BCUT2D eigenvalue weighted by molar-refractivity contribution is 9.10. The second-order valence-electron chi connectivity index (χ2n) is 6.47. The molecule has 0 amide bonds. The summed E-state index contributed by atoms with van der Waals surface area (Å²) in [4.78, 5) is 0. The Morgan fingerprint density at radius 3 is 2.14 bits per heavy atom. The molecule has 0 aliphatic rings. The van der Waals surface area contributed by atoms with E-state index in [4.69, 9.17) is 5.73 Å². The SMILES string of the molecule is Cn1ncc(Br)c1-c1c(N)cccc1-c1ccc(-c2cc(F)cc(F)c2)cc1. The summed E-state index contributed by atoms with van der Waals surface area (Å²) in [5, 5.41) is 4.28. The van der Waals surface area contributed by atoms with Crippen molar-refractivity contribution in [2.75, 3.05) is 5.73 Å². The molecule has 0 spiro atoms. The molecule has 140 valence electrons. The molecule has 28 heavy (non-hydrogen) atoms. The van der Waals surface area contributed by atoms with Gasteiger partial charge in [-0.1, -0.05) is 36.4 Å². The van der Waals surface area contributed by atoms with Gasteiger partial charge in [-0.2, -0.15) is 5.10 Å². The second kappa shape index (κ2) is 7.20. The highest BCUT2D eigenvalue weighted by atomic mass is 79.9. The summed E-state index contributed by atoms with van der Waals surface area (Å²) in [6.45, 7) is 0. The molecule has 0 fully saturated rings. The van der Waals surface area contributed by atoms with Gasteiger partial charge in [-0.3, -0.25) is 4.68 Å². The predicted octanol–water partition coefficient (Wildman–Crippen LogP) is 6.04. The quantitative estimate of drug-likeness (QED) is 0.395. The minimum Gasteiger partial charge on any atom is -0.398 e. The number of nitrogen functional groups attached to an aromatic ring is 1. The lowest BCUT2D eigenvalue weighted by Crippen LogP contribution is -1.99. The van der Waals surface area contributed by atoms with Crippen LogP contribution in [0, 0.1) is 11.6 Å². The lowest BCUT2D eigenvalue weighted by atomic mass is 9.94. The van der Waals surface area contributed by atoms with Crippen molar-refractivity contribution in [3.63, 3.8) is 0 Å². The molecule has 0 radical (unpaired) electrons. The molecule has 0 bridgehead atoms. The fourth-order valence-corrected chi connectivity index (χ4v) is 3.88. The van der Waals surface area contributed by atoms with Gasteiger partial charge in [0.2, 0.25) is 0 Å². The maximum Gasteiger partial charge on any atom is 0.126 e. The average Bonchev–Trinajstić information content (AvgIpc) is 2.99. The maximum absolute atomic E-state index is 13.5. The zero-order chi connectivity index (χ0) is 19.8. The van der Waals surface area contributed by atoms with Gasteiger partial charge in [-0.15, -0.1) is 0 Å². The normalized spacial score (nSPS) is 11.0. The van der Waals surface area contributed by atoms with Gasteiger partial charge < -0.3 is 5.73 Å². The van der Waals surface area contributed by atoms with Crippen molar-refractivity contribution in [2.45, 2.75) is 0 Å². The molecule has 3 aromatic carbocycles. The second-order valence-corrected chi connectivity index (χ2v) is 7.32. The Bertz CT molecular complexity index is 1130. The van der Waals surface area contributed by atoms with E-state index in [-0.39, 0.29) is 0 Å². The van der Waals surface area contributed by atoms with Crippen LogP contribution in [0.1, 0.15) is 0 Å². The van der Waals surface area contributed by atoms with Gasteiger partial charge >= 0.3 is 0 Å². The summed E-state index contributed by atoms with van der Waals surface area (Å²) in [7, 11) is 1.86. The number of aryl methyl sites for hydroxylation is 1. The third kappa shape index (κ3) is 3.31. The summed E-state index contributed by atoms with van der Waals surface area (Å²) < 4.78 is 29.7. The molecule has 4 aromatic rings. The smallest absolute Gasteiger partial charge is 0.126 e. The van der Waals surface area contributed by atoms with Crippen LogP contribution in [0.5, 0.6) is 0 Å². The molecule has 0 atom stereocenters. The van der Waals surface area contributed by atoms with Crippen LogP contribution in [0.15, 0.2) is 71.3 Å². The maximum atomic E-state index is 13.5. The van der Waals surface area contributed by atoms with Crippen molar-refractivity contribution in [2.24, 2.45) is 7.05 Å². The van der Waals surface area contributed by atoms with Crippen molar-refractivity contribution in [3.05, 3.63) is 83.0 Å². The molecule has 1 heterocycles. The summed E-state index contributed by atoms with van der Waals surface area (Å²) in [6, 6.07) is 16.7. The number of rotatable bonds is 3. The first-order chi connectivity index (χ1) is 13.4. The number of hydrogen-bond acceptors (Lipinski definition) is 2. The molecular weight excluding hydrogens is 424 g/mol. The van der Waals surface area contributed by atoms with Crippen LogP contribution in [-0.4, -0.2) is 9.78 Å². The zero-order valence-corrected chi connectivity index (χ0v) is 16.5. The highest BCUT2D eigenvalue weighted by Crippen LogP contribution is 2.40.